The third-order valence-electron chi connectivity index (χ3n) is 2.06. The van der Waals surface area contributed by atoms with Crippen LogP contribution >= 0.6 is 0 Å². The van der Waals surface area contributed by atoms with Gasteiger partial charge in [0.1, 0.15) is 0 Å². The van der Waals surface area contributed by atoms with Crippen molar-refractivity contribution < 1.29 is 4.74 Å². The minimum atomic E-state index is 0.902. The Morgan fingerprint density at radius 1 is 1.33 bits per heavy atom. The average molecular weight is 167 g/mol. The molecule has 2 heteroatoms. The number of nitrogens with zero attached hydrogens (tertiary/aromatic N) is 1. The molecule has 12 heavy (non-hydrogen) atoms. The summed E-state index contributed by atoms with van der Waals surface area (Å²) in [6.45, 7) is 7.07. The molecule has 1 aliphatic rings. The molecular formula is C10H17NO. The zero-order valence-corrected chi connectivity index (χ0v) is 7.81. The van der Waals surface area contributed by atoms with Gasteiger partial charge >= 0.3 is 0 Å². The lowest BCUT2D eigenvalue weighted by atomic mass is 10.3. The van der Waals surface area contributed by atoms with Gasteiger partial charge in [-0.3, -0.25) is 4.90 Å². The number of hydrogen-bond acceptors (Lipinski definition) is 2. The highest BCUT2D eigenvalue weighted by atomic mass is 16.5. The molecule has 0 aromatic heterocycles. The first-order valence-corrected chi connectivity index (χ1v) is 4.63. The molecule has 68 valence electrons. The van der Waals surface area contributed by atoms with Crippen LogP contribution in [-0.2, 0) is 4.74 Å². The molecular weight excluding hydrogens is 150 g/mol. The minimum Gasteiger partial charge on any atom is -0.379 e. The van der Waals surface area contributed by atoms with E-state index in [4.69, 9.17) is 4.74 Å². The van der Waals surface area contributed by atoms with E-state index in [1.165, 1.54) is 13.0 Å². The number of unbranched alkanes of at least 4 members (excludes halogenated alkanes) is 1. The predicted molar refractivity (Wildman–Crippen MR) is 49.9 cm³/mol. The molecule has 1 heterocycles. The van der Waals surface area contributed by atoms with Crippen LogP contribution in [0.3, 0.4) is 0 Å². The highest BCUT2D eigenvalue weighted by Crippen LogP contribution is 1.99. The van der Waals surface area contributed by atoms with Crippen molar-refractivity contribution in [3.63, 3.8) is 0 Å². The summed E-state index contributed by atoms with van der Waals surface area (Å²) in [7, 11) is 0. The Morgan fingerprint density at radius 3 is 2.75 bits per heavy atom. The van der Waals surface area contributed by atoms with E-state index in [2.05, 4.69) is 16.7 Å². The second-order valence-electron chi connectivity index (χ2n) is 2.98. The summed E-state index contributed by atoms with van der Waals surface area (Å²) in [5, 5.41) is 0. The van der Waals surface area contributed by atoms with Gasteiger partial charge in [-0.15, -0.1) is 11.8 Å². The molecule has 0 aromatic rings. The highest BCUT2D eigenvalue weighted by Gasteiger charge is 2.08. The van der Waals surface area contributed by atoms with Gasteiger partial charge in [-0.1, -0.05) is 0 Å². The smallest absolute Gasteiger partial charge is 0.0594 e. The van der Waals surface area contributed by atoms with Gasteiger partial charge in [-0.2, -0.15) is 0 Å². The van der Waals surface area contributed by atoms with E-state index in [0.717, 1.165) is 32.7 Å². The zero-order valence-electron chi connectivity index (χ0n) is 7.81. The Bertz CT molecular complexity index is 162. The topological polar surface area (TPSA) is 12.5 Å². The Hall–Kier alpha value is -0.520. The van der Waals surface area contributed by atoms with Crippen molar-refractivity contribution in [1.29, 1.82) is 0 Å². The van der Waals surface area contributed by atoms with E-state index in [1.807, 2.05) is 6.92 Å². The first-order chi connectivity index (χ1) is 5.93. The maximum absolute atomic E-state index is 5.26. The van der Waals surface area contributed by atoms with Crippen molar-refractivity contribution in [3.05, 3.63) is 0 Å². The quantitative estimate of drug-likeness (QED) is 0.461. The largest absolute Gasteiger partial charge is 0.379 e. The van der Waals surface area contributed by atoms with E-state index in [9.17, 15) is 0 Å². The van der Waals surface area contributed by atoms with Gasteiger partial charge in [0.25, 0.3) is 0 Å². The molecule has 0 unspecified atom stereocenters. The van der Waals surface area contributed by atoms with Crippen molar-refractivity contribution in [2.24, 2.45) is 0 Å². The van der Waals surface area contributed by atoms with E-state index < -0.39 is 0 Å². The first kappa shape index (κ1) is 9.57. The molecule has 0 aliphatic carbocycles. The molecule has 1 saturated heterocycles. The number of morpholine rings is 1. The van der Waals surface area contributed by atoms with Crippen molar-refractivity contribution in [2.75, 3.05) is 32.8 Å². The van der Waals surface area contributed by atoms with Gasteiger partial charge in [0, 0.05) is 19.5 Å². The molecule has 0 spiro atoms. The van der Waals surface area contributed by atoms with Crippen molar-refractivity contribution >= 4 is 0 Å². The molecule has 0 radical (unpaired) electrons. The third-order valence-corrected chi connectivity index (χ3v) is 2.06. The van der Waals surface area contributed by atoms with Gasteiger partial charge in [-0.25, -0.2) is 0 Å². The maximum Gasteiger partial charge on any atom is 0.0594 e. The standard InChI is InChI=1S/C10H17NO/c1-2-3-4-5-6-11-7-9-12-10-8-11/h4-10H2,1H3. The van der Waals surface area contributed by atoms with Crippen molar-refractivity contribution in [2.45, 2.75) is 19.8 Å². The molecule has 1 aliphatic heterocycles. The average Bonchev–Trinajstić information content (AvgIpc) is 2.14. The number of ether oxygens (including phenoxy) is 1. The van der Waals surface area contributed by atoms with Crippen molar-refractivity contribution in [3.8, 4) is 11.8 Å². The molecule has 2 nitrogen and oxygen atoms in total. The van der Waals surface area contributed by atoms with Crippen LogP contribution in [0, 0.1) is 11.8 Å². The monoisotopic (exact) mass is 167 g/mol. The van der Waals surface area contributed by atoms with Crippen LogP contribution in [0.5, 0.6) is 0 Å². The summed E-state index contributed by atoms with van der Waals surface area (Å²) in [6, 6.07) is 0. The molecule has 1 fully saturated rings. The molecule has 1 rings (SSSR count). The SMILES string of the molecule is CC#CCCCN1CCOCC1. The fourth-order valence-corrected chi connectivity index (χ4v) is 1.34. The third kappa shape index (κ3) is 3.75. The van der Waals surface area contributed by atoms with Crippen LogP contribution in [0.25, 0.3) is 0 Å². The summed E-state index contributed by atoms with van der Waals surface area (Å²) in [5.41, 5.74) is 0. The highest BCUT2D eigenvalue weighted by molar-refractivity contribution is 4.94. The molecule has 0 aromatic carbocycles. The first-order valence-electron chi connectivity index (χ1n) is 4.63. The molecule has 0 amide bonds. The lowest BCUT2D eigenvalue weighted by molar-refractivity contribution is 0.0376. The molecule has 0 saturated carbocycles. The van der Waals surface area contributed by atoms with Gasteiger partial charge in [0.05, 0.1) is 13.2 Å². The van der Waals surface area contributed by atoms with Crippen molar-refractivity contribution in [1.82, 2.24) is 4.90 Å². The Labute approximate surface area is 74.9 Å². The van der Waals surface area contributed by atoms with E-state index in [-0.39, 0.29) is 0 Å². The Balaban J connectivity index is 2.00. The lowest BCUT2D eigenvalue weighted by Gasteiger charge is -2.26. The molecule has 0 atom stereocenters. The van der Waals surface area contributed by atoms with Gasteiger partial charge in [0.15, 0.2) is 0 Å². The minimum absolute atomic E-state index is 0.902. The van der Waals surface area contributed by atoms with Gasteiger partial charge in [0.2, 0.25) is 0 Å². The van der Waals surface area contributed by atoms with Gasteiger partial charge in [-0.05, 0) is 19.9 Å². The second kappa shape index (κ2) is 6.05. The van der Waals surface area contributed by atoms with E-state index in [0.29, 0.717) is 0 Å². The summed E-state index contributed by atoms with van der Waals surface area (Å²) in [4.78, 5) is 2.45. The van der Waals surface area contributed by atoms with Gasteiger partial charge < -0.3 is 4.74 Å². The fraction of sp³-hybridized carbons (Fsp3) is 0.800. The second-order valence-corrected chi connectivity index (χ2v) is 2.98. The predicted octanol–water partition coefficient (Wildman–Crippen LogP) is 1.12. The van der Waals surface area contributed by atoms with Crippen LogP contribution in [0.2, 0.25) is 0 Å². The molecule has 0 bridgehead atoms. The number of hydrogen-bond donors (Lipinski definition) is 0. The summed E-state index contributed by atoms with van der Waals surface area (Å²) in [6.07, 6.45) is 2.23. The lowest BCUT2D eigenvalue weighted by Crippen LogP contribution is -2.36. The fourth-order valence-electron chi connectivity index (χ4n) is 1.34. The summed E-state index contributed by atoms with van der Waals surface area (Å²) >= 11 is 0. The van der Waals surface area contributed by atoms with E-state index >= 15 is 0 Å². The van der Waals surface area contributed by atoms with Crippen LogP contribution < -0.4 is 0 Å². The van der Waals surface area contributed by atoms with Crippen LogP contribution in [-0.4, -0.2) is 37.7 Å². The molecule has 0 N–H and O–H groups in total. The van der Waals surface area contributed by atoms with Crippen LogP contribution in [0.1, 0.15) is 19.8 Å². The summed E-state index contributed by atoms with van der Waals surface area (Å²) in [5.74, 6) is 5.99. The number of rotatable bonds is 3. The maximum atomic E-state index is 5.26. The van der Waals surface area contributed by atoms with E-state index in [1.54, 1.807) is 0 Å². The zero-order chi connectivity index (χ0) is 8.65. The van der Waals surface area contributed by atoms with Crippen LogP contribution in [0.4, 0.5) is 0 Å². The normalized spacial score (nSPS) is 18.4. The Morgan fingerprint density at radius 2 is 2.08 bits per heavy atom. The summed E-state index contributed by atoms with van der Waals surface area (Å²) < 4.78 is 5.26. The Kier molecular flexibility index (Phi) is 4.82. The van der Waals surface area contributed by atoms with Crippen LogP contribution in [0.15, 0.2) is 0 Å².